The number of rotatable bonds is 6. The molecule has 1 heterocycles. The molecule has 2 aromatic rings. The lowest BCUT2D eigenvalue weighted by Crippen LogP contribution is -2.61. The number of phenolic OH excluding ortho intramolecular Hbond substituents is 1. The van der Waals surface area contributed by atoms with Gasteiger partial charge in [-0.15, -0.1) is 6.58 Å². The number of benzene rings is 2. The van der Waals surface area contributed by atoms with Gasteiger partial charge in [0.15, 0.2) is 0 Å². The zero-order valence-electron chi connectivity index (χ0n) is 19.1. The van der Waals surface area contributed by atoms with Crippen LogP contribution in [0.3, 0.4) is 0 Å². The number of phenols is 1. The molecule has 6 nitrogen and oxygen atoms in total. The molecule has 0 radical (unpaired) electrons. The van der Waals surface area contributed by atoms with E-state index in [1.54, 1.807) is 18.2 Å². The van der Waals surface area contributed by atoms with Gasteiger partial charge in [-0.2, -0.15) is 0 Å². The fourth-order valence-electron chi connectivity index (χ4n) is 5.73. The van der Waals surface area contributed by atoms with Crippen LogP contribution in [0, 0.1) is 5.92 Å². The van der Waals surface area contributed by atoms with Gasteiger partial charge in [-0.3, -0.25) is 14.5 Å². The molecule has 2 N–H and O–H groups in total. The highest BCUT2D eigenvalue weighted by Gasteiger charge is 2.53. The van der Waals surface area contributed by atoms with Crippen molar-refractivity contribution in [2.45, 2.75) is 43.7 Å². The number of aromatic hydroxyl groups is 1. The molecule has 4 unspecified atom stereocenters. The van der Waals surface area contributed by atoms with Crippen LogP contribution < -0.4 is 5.32 Å². The summed E-state index contributed by atoms with van der Waals surface area (Å²) in [6, 6.07) is 16.4. The van der Waals surface area contributed by atoms with Crippen molar-refractivity contribution in [2.24, 2.45) is 5.92 Å². The first kappa shape index (κ1) is 23.1. The fraction of sp³-hybridized carbons (Fsp3) is 0.407. The number of amides is 1. The number of piperidine rings is 1. The largest absolute Gasteiger partial charge is 0.508 e. The van der Waals surface area contributed by atoms with E-state index in [4.69, 9.17) is 4.74 Å². The molecule has 2 aliphatic rings. The lowest BCUT2D eigenvalue weighted by Gasteiger charge is -2.55. The van der Waals surface area contributed by atoms with Crippen molar-refractivity contribution in [1.82, 2.24) is 10.2 Å². The molecule has 2 aromatic carbocycles. The average Bonchev–Trinajstić information content (AvgIpc) is 2.80. The van der Waals surface area contributed by atoms with E-state index in [2.05, 4.69) is 16.8 Å². The summed E-state index contributed by atoms with van der Waals surface area (Å²) in [4.78, 5) is 27.3. The number of nitrogens with zero attached hydrogens (tertiary/aromatic N) is 1. The number of hydrogen-bond donors (Lipinski definition) is 2. The monoisotopic (exact) mass is 448 g/mol. The van der Waals surface area contributed by atoms with Crippen LogP contribution in [0.25, 0.3) is 0 Å². The Bertz CT molecular complexity index is 1010. The number of carbonyl (C=O) groups is 2. The van der Waals surface area contributed by atoms with Gasteiger partial charge in [0.2, 0.25) is 0 Å². The number of hydrogen-bond acceptors (Lipinski definition) is 5. The summed E-state index contributed by atoms with van der Waals surface area (Å²) < 4.78 is 5.88. The minimum atomic E-state index is -0.340. The van der Waals surface area contributed by atoms with Crippen LogP contribution in [0.2, 0.25) is 0 Å². The van der Waals surface area contributed by atoms with Crippen molar-refractivity contribution in [3.8, 4) is 5.75 Å². The zero-order valence-corrected chi connectivity index (χ0v) is 19.1. The Morgan fingerprint density at radius 3 is 2.73 bits per heavy atom. The van der Waals surface area contributed by atoms with Gasteiger partial charge in [-0.1, -0.05) is 36.4 Å². The summed E-state index contributed by atoms with van der Waals surface area (Å²) in [6.07, 6.45) is 3.68. The second-order valence-electron chi connectivity index (χ2n) is 9.24. The minimum Gasteiger partial charge on any atom is -0.508 e. The van der Waals surface area contributed by atoms with E-state index in [0.717, 1.165) is 38.0 Å². The number of carbonyl (C=O) groups excluding carboxylic acids is 2. The Balaban J connectivity index is 1.70. The van der Waals surface area contributed by atoms with Gasteiger partial charge in [0.1, 0.15) is 11.9 Å². The maximum Gasteiger partial charge on any atom is 0.302 e. The highest BCUT2D eigenvalue weighted by molar-refractivity contribution is 5.94. The topological polar surface area (TPSA) is 78.9 Å². The smallest absolute Gasteiger partial charge is 0.302 e. The molecule has 4 atom stereocenters. The van der Waals surface area contributed by atoms with Crippen molar-refractivity contribution in [2.75, 3.05) is 19.6 Å². The first-order valence-corrected chi connectivity index (χ1v) is 11.6. The maximum atomic E-state index is 13.0. The van der Waals surface area contributed by atoms with Gasteiger partial charge in [0.25, 0.3) is 5.91 Å². The number of esters is 1. The quantitative estimate of drug-likeness (QED) is 0.521. The van der Waals surface area contributed by atoms with Crippen molar-refractivity contribution >= 4 is 11.9 Å². The van der Waals surface area contributed by atoms with Crippen LogP contribution in [0.1, 0.15) is 42.1 Å². The molecule has 174 valence electrons. The van der Waals surface area contributed by atoms with Crippen molar-refractivity contribution in [3.63, 3.8) is 0 Å². The van der Waals surface area contributed by atoms with Gasteiger partial charge < -0.3 is 15.2 Å². The zero-order chi connectivity index (χ0) is 23.4. The SMILES string of the molecule is C=CCN1CCC2(c3cccc(O)c3)CC(NC(=O)c3ccccc3)CC(OC(C)=O)C2C1. The summed E-state index contributed by atoms with van der Waals surface area (Å²) in [5.74, 6) is -0.188. The van der Waals surface area contributed by atoms with E-state index in [1.165, 1.54) is 6.92 Å². The molecule has 2 fully saturated rings. The molecule has 1 aliphatic carbocycles. The third-order valence-corrected chi connectivity index (χ3v) is 7.11. The molecule has 33 heavy (non-hydrogen) atoms. The van der Waals surface area contributed by atoms with Crippen LogP contribution >= 0.6 is 0 Å². The van der Waals surface area contributed by atoms with Gasteiger partial charge in [-0.25, -0.2) is 0 Å². The maximum absolute atomic E-state index is 13.0. The first-order valence-electron chi connectivity index (χ1n) is 11.6. The molecule has 6 heteroatoms. The Kier molecular flexibility index (Phi) is 6.84. The van der Waals surface area contributed by atoms with Crippen LogP contribution in [0.5, 0.6) is 5.75 Å². The van der Waals surface area contributed by atoms with Crippen LogP contribution in [-0.2, 0) is 14.9 Å². The highest BCUT2D eigenvalue weighted by Crippen LogP contribution is 2.50. The average molecular weight is 449 g/mol. The van der Waals surface area contributed by atoms with E-state index in [9.17, 15) is 14.7 Å². The Hall–Kier alpha value is -3.12. The van der Waals surface area contributed by atoms with Gasteiger partial charge in [0.05, 0.1) is 0 Å². The lowest BCUT2D eigenvalue weighted by molar-refractivity contribution is -0.157. The number of likely N-dealkylation sites (tertiary alicyclic amines) is 1. The predicted octanol–water partition coefficient (Wildman–Crippen LogP) is 3.66. The highest BCUT2D eigenvalue weighted by atomic mass is 16.5. The molecule has 1 amide bonds. The van der Waals surface area contributed by atoms with E-state index in [1.807, 2.05) is 42.5 Å². The van der Waals surface area contributed by atoms with Crippen LogP contribution in [0.15, 0.2) is 67.3 Å². The van der Waals surface area contributed by atoms with E-state index in [-0.39, 0.29) is 41.1 Å². The molecular formula is C27H32N2O4. The van der Waals surface area contributed by atoms with Crippen molar-refractivity contribution < 1.29 is 19.4 Å². The minimum absolute atomic E-state index is 0.0433. The molecule has 0 spiro atoms. The molecule has 0 aromatic heterocycles. The Labute approximate surface area is 195 Å². The summed E-state index contributed by atoms with van der Waals surface area (Å²) in [6.45, 7) is 7.72. The van der Waals surface area contributed by atoms with E-state index >= 15 is 0 Å². The van der Waals surface area contributed by atoms with Gasteiger partial charge in [-0.05, 0) is 49.2 Å². The van der Waals surface area contributed by atoms with Crippen LogP contribution in [-0.4, -0.2) is 53.7 Å². The molecule has 1 saturated carbocycles. The molecular weight excluding hydrogens is 416 g/mol. The third kappa shape index (κ3) is 4.96. The summed E-state index contributed by atoms with van der Waals surface area (Å²) in [7, 11) is 0. The first-order chi connectivity index (χ1) is 15.9. The van der Waals surface area contributed by atoms with Gasteiger partial charge >= 0.3 is 5.97 Å². The second kappa shape index (κ2) is 9.79. The second-order valence-corrected chi connectivity index (χ2v) is 9.24. The molecule has 1 saturated heterocycles. The summed E-state index contributed by atoms with van der Waals surface area (Å²) >= 11 is 0. The van der Waals surface area contributed by atoms with Crippen molar-refractivity contribution in [1.29, 1.82) is 0 Å². The van der Waals surface area contributed by atoms with E-state index in [0.29, 0.717) is 12.0 Å². The summed E-state index contributed by atoms with van der Waals surface area (Å²) in [5.41, 5.74) is 1.31. The standard InChI is InChI=1S/C27H32N2O4/c1-3-13-29-14-12-27(21-10-7-11-23(31)15-21)17-22(16-25(24(27)18-29)33-19(2)30)28-26(32)20-8-5-4-6-9-20/h3-11,15,22,24-25,31H,1,12-14,16-18H2,2H3,(H,28,32). The summed E-state index contributed by atoms with van der Waals surface area (Å²) in [5, 5.41) is 13.5. The fourth-order valence-corrected chi connectivity index (χ4v) is 5.73. The third-order valence-electron chi connectivity index (χ3n) is 7.11. The Morgan fingerprint density at radius 1 is 1.24 bits per heavy atom. The van der Waals surface area contributed by atoms with Crippen molar-refractivity contribution in [3.05, 3.63) is 78.4 Å². The number of nitrogens with one attached hydrogen (secondary N) is 1. The lowest BCUT2D eigenvalue weighted by atomic mass is 9.57. The predicted molar refractivity (Wildman–Crippen MR) is 127 cm³/mol. The molecule has 4 rings (SSSR count). The van der Waals surface area contributed by atoms with E-state index < -0.39 is 0 Å². The normalized spacial score (nSPS) is 27.2. The number of ether oxygens (including phenoxy) is 1. The van der Waals surface area contributed by atoms with Gasteiger partial charge in [0, 0.05) is 49.4 Å². The Morgan fingerprint density at radius 2 is 2.03 bits per heavy atom. The molecule has 1 aliphatic heterocycles. The number of fused-ring (bicyclic) bond motifs is 1. The van der Waals surface area contributed by atoms with Crippen LogP contribution in [0.4, 0.5) is 0 Å². The molecule has 0 bridgehead atoms.